The van der Waals surface area contributed by atoms with Gasteiger partial charge in [-0.3, -0.25) is 4.79 Å². The Kier molecular flexibility index (Phi) is 3.34. The predicted octanol–water partition coefficient (Wildman–Crippen LogP) is 0.812. The number of amides is 1. The van der Waals surface area contributed by atoms with Crippen LogP contribution >= 0.6 is 0 Å². The summed E-state index contributed by atoms with van der Waals surface area (Å²) in [4.78, 5) is 12.1. The number of rotatable bonds is 3. The van der Waals surface area contributed by atoms with E-state index in [1.807, 2.05) is 0 Å². The maximum absolute atomic E-state index is 12.1. The zero-order valence-electron chi connectivity index (χ0n) is 10.3. The van der Waals surface area contributed by atoms with Crippen molar-refractivity contribution in [1.29, 1.82) is 0 Å². The van der Waals surface area contributed by atoms with Crippen LogP contribution in [0.4, 0.5) is 0 Å². The van der Waals surface area contributed by atoms with Gasteiger partial charge in [0.1, 0.15) is 0 Å². The average Bonchev–Trinajstić information content (AvgIpc) is 3.11. The van der Waals surface area contributed by atoms with Crippen LogP contribution in [-0.4, -0.2) is 37.2 Å². The molecule has 96 valence electrons. The number of hydrogen-bond acceptors (Lipinski definition) is 3. The van der Waals surface area contributed by atoms with E-state index < -0.39 is 0 Å². The highest BCUT2D eigenvalue weighted by atomic mass is 16.5. The smallest absolute Gasteiger partial charge is 0.237 e. The van der Waals surface area contributed by atoms with Gasteiger partial charge in [-0.1, -0.05) is 6.42 Å². The summed E-state index contributed by atoms with van der Waals surface area (Å²) in [7, 11) is 0. The number of hydrogen-bond donors (Lipinski definition) is 2. The molecular weight excluding hydrogens is 216 g/mol. The summed E-state index contributed by atoms with van der Waals surface area (Å²) in [6.45, 7) is 1.79. The van der Waals surface area contributed by atoms with Crippen molar-refractivity contribution in [3.05, 3.63) is 0 Å². The Morgan fingerprint density at radius 1 is 1.18 bits per heavy atom. The Balaban J connectivity index is 1.52. The maximum atomic E-state index is 12.1. The van der Waals surface area contributed by atoms with Gasteiger partial charge in [0, 0.05) is 6.61 Å². The van der Waals surface area contributed by atoms with Crippen LogP contribution in [0.2, 0.25) is 0 Å². The lowest BCUT2D eigenvalue weighted by Crippen LogP contribution is -2.51. The van der Waals surface area contributed by atoms with Crippen LogP contribution in [0.25, 0.3) is 0 Å². The SMILES string of the molecule is O=C(NC1CCOC1C1CC1)[C@H]1CCCCN1. The molecule has 0 bridgehead atoms. The molecule has 4 nitrogen and oxygen atoms in total. The first-order chi connectivity index (χ1) is 8.34. The summed E-state index contributed by atoms with van der Waals surface area (Å²) >= 11 is 0. The fraction of sp³-hybridized carbons (Fsp3) is 0.923. The molecule has 0 spiro atoms. The van der Waals surface area contributed by atoms with Crippen LogP contribution in [0.1, 0.15) is 38.5 Å². The number of piperidine rings is 1. The molecule has 3 fully saturated rings. The highest BCUT2D eigenvalue weighted by Gasteiger charge is 2.41. The van der Waals surface area contributed by atoms with Gasteiger partial charge in [0.2, 0.25) is 5.91 Å². The molecule has 2 aliphatic heterocycles. The number of nitrogens with one attached hydrogen (secondary N) is 2. The third kappa shape index (κ3) is 2.63. The topological polar surface area (TPSA) is 50.4 Å². The maximum Gasteiger partial charge on any atom is 0.237 e. The normalized spacial score (nSPS) is 38.0. The Morgan fingerprint density at radius 2 is 2.06 bits per heavy atom. The molecule has 3 atom stereocenters. The van der Waals surface area contributed by atoms with Crippen molar-refractivity contribution in [2.45, 2.75) is 56.7 Å². The summed E-state index contributed by atoms with van der Waals surface area (Å²) < 4.78 is 5.74. The van der Waals surface area contributed by atoms with Gasteiger partial charge >= 0.3 is 0 Å². The van der Waals surface area contributed by atoms with E-state index in [-0.39, 0.29) is 18.0 Å². The van der Waals surface area contributed by atoms with E-state index >= 15 is 0 Å². The molecule has 17 heavy (non-hydrogen) atoms. The van der Waals surface area contributed by atoms with Crippen LogP contribution in [0.3, 0.4) is 0 Å². The minimum absolute atomic E-state index is 0.0317. The van der Waals surface area contributed by atoms with E-state index in [9.17, 15) is 4.79 Å². The van der Waals surface area contributed by atoms with E-state index in [2.05, 4.69) is 10.6 Å². The highest BCUT2D eigenvalue weighted by molar-refractivity contribution is 5.82. The van der Waals surface area contributed by atoms with Gasteiger partial charge in [0.25, 0.3) is 0 Å². The molecule has 0 aromatic rings. The first-order valence-electron chi connectivity index (χ1n) is 7.00. The van der Waals surface area contributed by atoms with Crippen molar-refractivity contribution >= 4 is 5.91 Å². The Morgan fingerprint density at radius 3 is 2.76 bits per heavy atom. The lowest BCUT2D eigenvalue weighted by molar-refractivity contribution is -0.124. The molecule has 0 aromatic carbocycles. The lowest BCUT2D eigenvalue weighted by Gasteiger charge is -2.26. The molecule has 2 unspecified atom stereocenters. The van der Waals surface area contributed by atoms with Gasteiger partial charge < -0.3 is 15.4 Å². The van der Waals surface area contributed by atoms with Gasteiger partial charge in [-0.05, 0) is 44.6 Å². The largest absolute Gasteiger partial charge is 0.376 e. The molecule has 0 radical (unpaired) electrons. The lowest BCUT2D eigenvalue weighted by atomic mass is 10.0. The van der Waals surface area contributed by atoms with Crippen molar-refractivity contribution in [2.75, 3.05) is 13.2 Å². The predicted molar refractivity (Wildman–Crippen MR) is 64.7 cm³/mol. The first-order valence-corrected chi connectivity index (χ1v) is 7.00. The Labute approximate surface area is 102 Å². The zero-order chi connectivity index (χ0) is 11.7. The van der Waals surface area contributed by atoms with Gasteiger partial charge in [-0.25, -0.2) is 0 Å². The fourth-order valence-electron chi connectivity index (χ4n) is 3.01. The molecule has 0 aromatic heterocycles. The minimum atomic E-state index is 0.0317. The molecule has 1 amide bonds. The van der Waals surface area contributed by atoms with Crippen LogP contribution in [0.5, 0.6) is 0 Å². The first kappa shape index (κ1) is 11.5. The summed E-state index contributed by atoms with van der Waals surface area (Å²) in [6, 6.07) is 0.294. The van der Waals surface area contributed by atoms with Crippen molar-refractivity contribution in [1.82, 2.24) is 10.6 Å². The van der Waals surface area contributed by atoms with Crippen molar-refractivity contribution < 1.29 is 9.53 Å². The molecule has 3 rings (SSSR count). The van der Waals surface area contributed by atoms with Gasteiger partial charge in [0.15, 0.2) is 0 Å². The van der Waals surface area contributed by atoms with Crippen LogP contribution in [0, 0.1) is 5.92 Å². The summed E-state index contributed by atoms with van der Waals surface area (Å²) in [5.74, 6) is 0.896. The van der Waals surface area contributed by atoms with Gasteiger partial charge in [-0.15, -0.1) is 0 Å². The number of carbonyl (C=O) groups excluding carboxylic acids is 1. The Bertz CT molecular complexity index is 285. The van der Waals surface area contributed by atoms with Gasteiger partial charge in [-0.2, -0.15) is 0 Å². The third-order valence-corrected chi connectivity index (χ3v) is 4.18. The number of ether oxygens (including phenoxy) is 1. The zero-order valence-corrected chi connectivity index (χ0v) is 10.3. The second-order valence-corrected chi connectivity index (χ2v) is 5.58. The molecule has 2 N–H and O–H groups in total. The van der Waals surface area contributed by atoms with Crippen LogP contribution in [0.15, 0.2) is 0 Å². The molecule has 1 aliphatic carbocycles. The van der Waals surface area contributed by atoms with E-state index in [0.29, 0.717) is 12.0 Å². The van der Waals surface area contributed by atoms with E-state index in [1.165, 1.54) is 19.3 Å². The molecule has 2 heterocycles. The summed E-state index contributed by atoms with van der Waals surface area (Å²) in [5, 5.41) is 6.49. The monoisotopic (exact) mass is 238 g/mol. The summed E-state index contributed by atoms with van der Waals surface area (Å²) in [5.41, 5.74) is 0. The average molecular weight is 238 g/mol. The minimum Gasteiger partial charge on any atom is -0.376 e. The van der Waals surface area contributed by atoms with Crippen molar-refractivity contribution in [3.63, 3.8) is 0 Å². The quantitative estimate of drug-likeness (QED) is 0.765. The number of carbonyl (C=O) groups is 1. The second kappa shape index (κ2) is 4.94. The molecule has 1 saturated carbocycles. The summed E-state index contributed by atoms with van der Waals surface area (Å²) in [6.07, 6.45) is 7.17. The third-order valence-electron chi connectivity index (χ3n) is 4.18. The van der Waals surface area contributed by atoms with Crippen molar-refractivity contribution in [3.8, 4) is 0 Å². The fourth-order valence-corrected chi connectivity index (χ4v) is 3.01. The van der Waals surface area contributed by atoms with Gasteiger partial charge in [0.05, 0.1) is 18.2 Å². The van der Waals surface area contributed by atoms with Crippen LogP contribution < -0.4 is 10.6 Å². The highest BCUT2D eigenvalue weighted by Crippen LogP contribution is 2.38. The van der Waals surface area contributed by atoms with E-state index in [0.717, 1.165) is 32.4 Å². The van der Waals surface area contributed by atoms with E-state index in [1.54, 1.807) is 0 Å². The van der Waals surface area contributed by atoms with Crippen molar-refractivity contribution in [2.24, 2.45) is 5.92 Å². The molecular formula is C13H22N2O2. The molecule has 4 heteroatoms. The molecule has 2 saturated heterocycles. The Hall–Kier alpha value is -0.610. The van der Waals surface area contributed by atoms with E-state index in [4.69, 9.17) is 4.74 Å². The standard InChI is InChI=1S/C13H22N2O2/c16-13(11-3-1-2-7-14-11)15-10-6-8-17-12(10)9-4-5-9/h9-12,14H,1-8H2,(H,15,16)/t10?,11-,12?/m1/s1. The second-order valence-electron chi connectivity index (χ2n) is 5.58. The van der Waals surface area contributed by atoms with Crippen LogP contribution in [-0.2, 0) is 9.53 Å². The molecule has 3 aliphatic rings.